The van der Waals surface area contributed by atoms with Gasteiger partial charge in [-0.25, -0.2) is 4.67 Å². The molecule has 0 spiro atoms. The second-order valence-electron chi connectivity index (χ2n) is 7.53. The number of alkyl halides is 1. The monoisotopic (exact) mass is 305 g/mol. The van der Waals surface area contributed by atoms with Gasteiger partial charge in [-0.3, -0.25) is 4.57 Å². The van der Waals surface area contributed by atoms with E-state index in [1.54, 1.807) is 0 Å². The molecule has 3 aliphatic rings. The molecular formula is C14H25ClNO2P. The number of fused-ring (bicyclic) bond motifs is 5. The molecule has 0 aromatic carbocycles. The molecule has 0 aromatic heterocycles. The highest BCUT2D eigenvalue weighted by atomic mass is 35.5. The van der Waals surface area contributed by atoms with Crippen LogP contribution in [0.4, 0.5) is 0 Å². The molecule has 0 N–H and O–H groups in total. The van der Waals surface area contributed by atoms with Crippen LogP contribution in [0.1, 0.15) is 47.5 Å². The third-order valence-corrected chi connectivity index (χ3v) is 9.54. The van der Waals surface area contributed by atoms with Crippen LogP contribution in [0.3, 0.4) is 0 Å². The Bertz CT molecular complexity index is 453. The van der Waals surface area contributed by atoms with Crippen LogP contribution in [-0.2, 0) is 9.09 Å². The fraction of sp³-hybridized carbons (Fsp3) is 1.00. The van der Waals surface area contributed by atoms with Crippen LogP contribution in [0.25, 0.3) is 0 Å². The molecule has 2 bridgehead atoms. The van der Waals surface area contributed by atoms with E-state index in [-0.39, 0.29) is 28.6 Å². The van der Waals surface area contributed by atoms with Crippen LogP contribution in [0, 0.1) is 16.7 Å². The van der Waals surface area contributed by atoms with Gasteiger partial charge in [0, 0.05) is 17.5 Å². The van der Waals surface area contributed by atoms with Crippen molar-refractivity contribution in [1.82, 2.24) is 4.67 Å². The van der Waals surface area contributed by atoms with Gasteiger partial charge in [-0.05, 0) is 38.0 Å². The summed E-state index contributed by atoms with van der Waals surface area (Å²) in [7, 11) is -2.83. The van der Waals surface area contributed by atoms with E-state index in [0.29, 0.717) is 12.0 Å². The maximum Gasteiger partial charge on any atom is 0.287 e. The van der Waals surface area contributed by atoms with Crippen molar-refractivity contribution < 1.29 is 9.09 Å². The quantitative estimate of drug-likeness (QED) is 0.562. The number of rotatable bonds is 2. The van der Waals surface area contributed by atoms with Crippen LogP contribution in [0.2, 0.25) is 0 Å². The third kappa shape index (κ3) is 1.51. The molecule has 1 saturated heterocycles. The first-order valence-corrected chi connectivity index (χ1v) is 9.61. The minimum absolute atomic E-state index is 0.0910. The predicted octanol–water partition coefficient (Wildman–Crippen LogP) is 4.31. The smallest absolute Gasteiger partial charge is 0.287 e. The molecule has 2 saturated carbocycles. The van der Waals surface area contributed by atoms with Crippen molar-refractivity contribution in [3.05, 3.63) is 0 Å². The highest BCUT2D eigenvalue weighted by molar-refractivity contribution is 7.58. The van der Waals surface area contributed by atoms with Gasteiger partial charge in [-0.2, -0.15) is 0 Å². The molecule has 3 nitrogen and oxygen atoms in total. The lowest BCUT2D eigenvalue weighted by Gasteiger charge is -2.38. The summed E-state index contributed by atoms with van der Waals surface area (Å²) in [5, 5.41) is 0. The molecule has 3 fully saturated rings. The van der Waals surface area contributed by atoms with Crippen molar-refractivity contribution in [3.8, 4) is 0 Å². The molecule has 0 radical (unpaired) electrons. The molecule has 3 rings (SSSR count). The molecule has 2 aliphatic carbocycles. The Kier molecular flexibility index (Phi) is 3.03. The molecule has 0 aromatic rings. The minimum atomic E-state index is -2.83. The fourth-order valence-corrected chi connectivity index (χ4v) is 7.91. The molecule has 0 unspecified atom stereocenters. The van der Waals surface area contributed by atoms with Gasteiger partial charge >= 0.3 is 0 Å². The first kappa shape index (κ1) is 14.4. The molecule has 1 aliphatic heterocycles. The zero-order chi connectivity index (χ0) is 14.2. The van der Waals surface area contributed by atoms with Crippen LogP contribution in [0.5, 0.6) is 0 Å². The van der Waals surface area contributed by atoms with Crippen molar-refractivity contribution in [3.63, 3.8) is 0 Å². The minimum Gasteiger partial charge on any atom is -0.311 e. The van der Waals surface area contributed by atoms with Gasteiger partial charge in [0.15, 0.2) is 0 Å². The first-order valence-electron chi connectivity index (χ1n) is 7.31. The number of hydrogen-bond donors (Lipinski definition) is 0. The van der Waals surface area contributed by atoms with Crippen LogP contribution < -0.4 is 0 Å². The van der Waals surface area contributed by atoms with Crippen LogP contribution in [0.15, 0.2) is 0 Å². The van der Waals surface area contributed by atoms with Crippen molar-refractivity contribution in [1.29, 1.82) is 0 Å². The van der Waals surface area contributed by atoms with E-state index in [0.717, 1.165) is 0 Å². The van der Waals surface area contributed by atoms with Crippen molar-refractivity contribution in [2.75, 3.05) is 5.62 Å². The normalized spacial score (nSPS) is 52.1. The summed E-state index contributed by atoms with van der Waals surface area (Å²) in [6.45, 7) is 11.2. The topological polar surface area (TPSA) is 29.5 Å². The van der Waals surface area contributed by atoms with E-state index in [4.69, 9.17) is 16.1 Å². The number of halogens is 1. The van der Waals surface area contributed by atoms with Crippen molar-refractivity contribution >= 4 is 19.1 Å². The zero-order valence-corrected chi connectivity index (χ0v) is 14.2. The van der Waals surface area contributed by atoms with E-state index in [1.165, 1.54) is 12.8 Å². The summed E-state index contributed by atoms with van der Waals surface area (Å²) in [6.07, 6.45) is 2.49. The van der Waals surface area contributed by atoms with Gasteiger partial charge < -0.3 is 4.52 Å². The highest BCUT2D eigenvalue weighted by Crippen LogP contribution is 2.76. The van der Waals surface area contributed by atoms with Gasteiger partial charge in [0.1, 0.15) is 5.62 Å². The molecule has 110 valence electrons. The Morgan fingerprint density at radius 3 is 2.58 bits per heavy atom. The first-order chi connectivity index (χ1) is 8.69. The Morgan fingerprint density at radius 1 is 1.42 bits per heavy atom. The lowest BCUT2D eigenvalue weighted by Crippen LogP contribution is -2.44. The van der Waals surface area contributed by atoms with Gasteiger partial charge in [0.05, 0.1) is 6.10 Å². The van der Waals surface area contributed by atoms with Crippen molar-refractivity contribution in [2.24, 2.45) is 16.7 Å². The third-order valence-electron chi connectivity index (χ3n) is 6.34. The second kappa shape index (κ2) is 4.00. The average Bonchev–Trinajstić information content (AvgIpc) is 2.79. The SMILES string of the molecule is CC(C)N1[C@@H]2[C@H]3CC[C@@](C)([C@@H]2O[P@@]1(=O)CCl)C3(C)C. The lowest BCUT2D eigenvalue weighted by atomic mass is 9.70. The summed E-state index contributed by atoms with van der Waals surface area (Å²) < 4.78 is 21.3. The molecule has 5 heteroatoms. The Morgan fingerprint density at radius 2 is 2.05 bits per heavy atom. The van der Waals surface area contributed by atoms with E-state index in [1.807, 2.05) is 0 Å². The van der Waals surface area contributed by atoms with Crippen LogP contribution >= 0.6 is 19.1 Å². The average molecular weight is 306 g/mol. The molecule has 1 heterocycles. The van der Waals surface area contributed by atoms with E-state index >= 15 is 0 Å². The maximum atomic E-state index is 13.0. The summed E-state index contributed by atoms with van der Waals surface area (Å²) in [5.74, 6) is 0.573. The molecule has 5 atom stereocenters. The molecular weight excluding hydrogens is 281 g/mol. The van der Waals surface area contributed by atoms with Gasteiger partial charge in [0.25, 0.3) is 7.52 Å². The highest BCUT2D eigenvalue weighted by Gasteiger charge is 2.73. The largest absolute Gasteiger partial charge is 0.311 e. The maximum absolute atomic E-state index is 13.0. The predicted molar refractivity (Wildman–Crippen MR) is 78.6 cm³/mol. The van der Waals surface area contributed by atoms with E-state index < -0.39 is 7.52 Å². The van der Waals surface area contributed by atoms with Gasteiger partial charge in [0.2, 0.25) is 0 Å². The van der Waals surface area contributed by atoms with Gasteiger partial charge in [-0.1, -0.05) is 20.8 Å². The summed E-state index contributed by atoms with van der Waals surface area (Å²) in [4.78, 5) is 0. The summed E-state index contributed by atoms with van der Waals surface area (Å²) in [6, 6.07) is 0.511. The number of hydrogen-bond acceptors (Lipinski definition) is 2. The summed E-state index contributed by atoms with van der Waals surface area (Å²) >= 11 is 6.00. The van der Waals surface area contributed by atoms with Gasteiger partial charge in [-0.15, -0.1) is 11.6 Å². The lowest BCUT2D eigenvalue weighted by molar-refractivity contribution is 0.0362. The Hall–Kier alpha value is 0.440. The van der Waals surface area contributed by atoms with E-state index in [9.17, 15) is 4.57 Å². The Labute approximate surface area is 121 Å². The zero-order valence-electron chi connectivity index (χ0n) is 12.5. The Balaban J connectivity index is 2.08. The van der Waals surface area contributed by atoms with E-state index in [2.05, 4.69) is 39.3 Å². The standard InChI is InChI=1S/C14H25ClNO2P/c1-9(2)16-11-10-6-7-14(5,13(10,3)4)12(11)18-19(16,17)8-15/h9-12H,6-8H2,1-5H3/t10-,11-,12-,14+,19+/m1/s1. The second-order valence-corrected chi connectivity index (χ2v) is 10.4. The fourth-order valence-electron chi connectivity index (χ4n) is 4.98. The molecule has 19 heavy (non-hydrogen) atoms. The number of nitrogens with zero attached hydrogens (tertiary/aromatic N) is 1. The molecule has 0 amide bonds. The van der Waals surface area contributed by atoms with Crippen molar-refractivity contribution in [2.45, 2.75) is 65.6 Å². The van der Waals surface area contributed by atoms with Crippen LogP contribution in [-0.4, -0.2) is 28.5 Å². The summed E-state index contributed by atoms with van der Waals surface area (Å²) in [5.41, 5.74) is 0.502.